The average molecular weight is 254 g/mol. The Kier molecular flexibility index (Phi) is 4.24. The van der Waals surface area contributed by atoms with Gasteiger partial charge in [0.15, 0.2) is 0 Å². The molecule has 19 heavy (non-hydrogen) atoms. The molecule has 0 N–H and O–H groups in total. The second kappa shape index (κ2) is 6.10. The normalized spacial score (nSPS) is 11.7. The molecule has 0 bridgehead atoms. The van der Waals surface area contributed by atoms with Crippen LogP contribution in [0.1, 0.15) is 17.0 Å². The Balaban J connectivity index is 2.46. The minimum Gasteiger partial charge on any atom is -0.497 e. The quantitative estimate of drug-likeness (QED) is 0.750. The molecule has 0 aliphatic heterocycles. The molecule has 2 aromatic rings. The number of rotatable bonds is 5. The van der Waals surface area contributed by atoms with Gasteiger partial charge in [0.05, 0.1) is 14.2 Å². The van der Waals surface area contributed by atoms with Crippen LogP contribution in [0, 0.1) is 0 Å². The molecule has 0 aromatic heterocycles. The van der Waals surface area contributed by atoms with Crippen molar-refractivity contribution in [1.29, 1.82) is 0 Å². The van der Waals surface area contributed by atoms with Crippen molar-refractivity contribution in [2.75, 3.05) is 14.2 Å². The van der Waals surface area contributed by atoms with E-state index in [9.17, 15) is 0 Å². The highest BCUT2D eigenvalue weighted by Gasteiger charge is 2.15. The molecule has 2 heteroatoms. The highest BCUT2D eigenvalue weighted by atomic mass is 16.5. The summed E-state index contributed by atoms with van der Waals surface area (Å²) in [5, 5.41) is 0. The molecular weight excluding hydrogens is 236 g/mol. The molecule has 0 radical (unpaired) electrons. The van der Waals surface area contributed by atoms with Gasteiger partial charge in [-0.3, -0.25) is 0 Å². The van der Waals surface area contributed by atoms with E-state index in [1.807, 2.05) is 42.5 Å². The van der Waals surface area contributed by atoms with Gasteiger partial charge < -0.3 is 9.47 Å². The van der Waals surface area contributed by atoms with E-state index in [4.69, 9.17) is 9.47 Å². The smallest absolute Gasteiger partial charge is 0.126 e. The van der Waals surface area contributed by atoms with E-state index < -0.39 is 0 Å². The van der Waals surface area contributed by atoms with Crippen LogP contribution >= 0.6 is 0 Å². The summed E-state index contributed by atoms with van der Waals surface area (Å²) in [5.41, 5.74) is 2.28. The van der Waals surface area contributed by atoms with E-state index in [0.29, 0.717) is 0 Å². The summed E-state index contributed by atoms with van der Waals surface area (Å²) in [6.07, 6.45) is 1.93. The van der Waals surface area contributed by atoms with Crippen LogP contribution in [0.15, 0.2) is 61.2 Å². The fourth-order valence-electron chi connectivity index (χ4n) is 2.18. The molecule has 0 unspecified atom stereocenters. The van der Waals surface area contributed by atoms with Crippen LogP contribution in [0.5, 0.6) is 11.5 Å². The van der Waals surface area contributed by atoms with Crippen molar-refractivity contribution in [3.63, 3.8) is 0 Å². The first-order valence-electron chi connectivity index (χ1n) is 6.19. The van der Waals surface area contributed by atoms with Crippen molar-refractivity contribution in [2.24, 2.45) is 0 Å². The number of allylic oxidation sites excluding steroid dienone is 1. The maximum atomic E-state index is 5.46. The van der Waals surface area contributed by atoms with E-state index >= 15 is 0 Å². The molecular formula is C17H18O2. The largest absolute Gasteiger partial charge is 0.497 e. The fourth-order valence-corrected chi connectivity index (χ4v) is 2.18. The molecule has 2 nitrogen and oxygen atoms in total. The van der Waals surface area contributed by atoms with Gasteiger partial charge in [-0.25, -0.2) is 0 Å². The maximum absolute atomic E-state index is 5.46. The Morgan fingerprint density at radius 3 is 2.32 bits per heavy atom. The predicted octanol–water partition coefficient (Wildman–Crippen LogP) is 4.02. The predicted molar refractivity (Wildman–Crippen MR) is 78.0 cm³/mol. The Bertz CT molecular complexity index is 546. The third kappa shape index (κ3) is 2.79. The van der Waals surface area contributed by atoms with E-state index in [-0.39, 0.29) is 5.92 Å². The van der Waals surface area contributed by atoms with Crippen molar-refractivity contribution in [1.82, 2.24) is 0 Å². The van der Waals surface area contributed by atoms with E-state index in [1.165, 1.54) is 5.56 Å². The first kappa shape index (κ1) is 13.2. The summed E-state index contributed by atoms with van der Waals surface area (Å²) in [7, 11) is 3.32. The molecule has 0 aliphatic rings. The third-order valence-electron chi connectivity index (χ3n) is 3.17. The van der Waals surface area contributed by atoms with Crippen LogP contribution in [0.3, 0.4) is 0 Å². The second-order valence-electron chi connectivity index (χ2n) is 4.23. The summed E-state index contributed by atoms with van der Waals surface area (Å²) < 4.78 is 10.7. The molecule has 2 aromatic carbocycles. The van der Waals surface area contributed by atoms with Crippen molar-refractivity contribution in [2.45, 2.75) is 5.92 Å². The number of hydrogen-bond acceptors (Lipinski definition) is 2. The Labute approximate surface area is 114 Å². The van der Waals surface area contributed by atoms with Crippen LogP contribution in [0.25, 0.3) is 0 Å². The van der Waals surface area contributed by atoms with Crippen molar-refractivity contribution >= 4 is 0 Å². The van der Waals surface area contributed by atoms with Gasteiger partial charge in [0.2, 0.25) is 0 Å². The van der Waals surface area contributed by atoms with Crippen molar-refractivity contribution < 1.29 is 9.47 Å². The molecule has 0 heterocycles. The molecule has 98 valence electrons. The molecule has 0 aliphatic carbocycles. The van der Waals surface area contributed by atoms with Crippen molar-refractivity contribution in [3.05, 3.63) is 72.3 Å². The van der Waals surface area contributed by atoms with E-state index in [2.05, 4.69) is 18.7 Å². The molecule has 1 atom stereocenters. The zero-order valence-electron chi connectivity index (χ0n) is 11.3. The first-order chi connectivity index (χ1) is 9.30. The minimum atomic E-state index is 0.113. The minimum absolute atomic E-state index is 0.113. The molecule has 2 rings (SSSR count). The molecule has 0 amide bonds. The van der Waals surface area contributed by atoms with Gasteiger partial charge in [0, 0.05) is 17.5 Å². The summed E-state index contributed by atoms with van der Waals surface area (Å²) in [6, 6.07) is 16.1. The zero-order chi connectivity index (χ0) is 13.7. The highest BCUT2D eigenvalue weighted by Crippen LogP contribution is 2.34. The number of ether oxygens (including phenoxy) is 2. The van der Waals surface area contributed by atoms with E-state index in [0.717, 1.165) is 17.1 Å². The van der Waals surface area contributed by atoms with Gasteiger partial charge in [-0.15, -0.1) is 6.58 Å². The lowest BCUT2D eigenvalue weighted by Crippen LogP contribution is -2.01. The Morgan fingerprint density at radius 1 is 1.00 bits per heavy atom. The zero-order valence-corrected chi connectivity index (χ0v) is 11.3. The van der Waals surface area contributed by atoms with Gasteiger partial charge >= 0.3 is 0 Å². The van der Waals surface area contributed by atoms with Gasteiger partial charge in [0.25, 0.3) is 0 Å². The Hall–Kier alpha value is -2.22. The van der Waals surface area contributed by atoms with Gasteiger partial charge in [0.1, 0.15) is 11.5 Å². The fraction of sp³-hybridized carbons (Fsp3) is 0.176. The van der Waals surface area contributed by atoms with Crippen LogP contribution in [-0.4, -0.2) is 14.2 Å². The van der Waals surface area contributed by atoms with Gasteiger partial charge in [-0.1, -0.05) is 42.5 Å². The molecule has 0 spiro atoms. The van der Waals surface area contributed by atoms with Crippen LogP contribution in [0.4, 0.5) is 0 Å². The lowest BCUT2D eigenvalue weighted by molar-refractivity contribution is 0.391. The first-order valence-corrected chi connectivity index (χ1v) is 6.19. The highest BCUT2D eigenvalue weighted by molar-refractivity contribution is 5.48. The van der Waals surface area contributed by atoms with Gasteiger partial charge in [-0.05, 0) is 11.6 Å². The lowest BCUT2D eigenvalue weighted by Gasteiger charge is -2.17. The molecule has 0 fully saturated rings. The summed E-state index contributed by atoms with van der Waals surface area (Å²) in [6.45, 7) is 3.94. The summed E-state index contributed by atoms with van der Waals surface area (Å²) >= 11 is 0. The Morgan fingerprint density at radius 2 is 1.74 bits per heavy atom. The number of hydrogen-bond donors (Lipinski definition) is 0. The summed E-state index contributed by atoms with van der Waals surface area (Å²) in [4.78, 5) is 0. The standard InChI is InChI=1S/C17H18O2/c1-4-15(13-8-6-5-7-9-13)16-11-10-14(18-2)12-17(16)19-3/h4-12,15H,1H2,2-3H3/t15-/m1/s1. The average Bonchev–Trinajstić information content (AvgIpc) is 2.49. The molecule has 0 saturated carbocycles. The topological polar surface area (TPSA) is 18.5 Å². The maximum Gasteiger partial charge on any atom is 0.126 e. The number of methoxy groups -OCH3 is 2. The third-order valence-corrected chi connectivity index (χ3v) is 3.17. The van der Waals surface area contributed by atoms with Gasteiger partial charge in [-0.2, -0.15) is 0 Å². The van der Waals surface area contributed by atoms with Crippen molar-refractivity contribution in [3.8, 4) is 11.5 Å². The second-order valence-corrected chi connectivity index (χ2v) is 4.23. The lowest BCUT2D eigenvalue weighted by atomic mass is 9.91. The van der Waals surface area contributed by atoms with Crippen LogP contribution in [-0.2, 0) is 0 Å². The number of benzene rings is 2. The molecule has 0 saturated heterocycles. The van der Waals surface area contributed by atoms with Crippen LogP contribution < -0.4 is 9.47 Å². The monoisotopic (exact) mass is 254 g/mol. The SMILES string of the molecule is C=C[C@H](c1ccccc1)c1ccc(OC)cc1OC. The van der Waals surface area contributed by atoms with E-state index in [1.54, 1.807) is 14.2 Å². The van der Waals surface area contributed by atoms with Crippen LogP contribution in [0.2, 0.25) is 0 Å². The summed E-state index contributed by atoms with van der Waals surface area (Å²) in [5.74, 6) is 1.71.